The van der Waals surface area contributed by atoms with Crippen molar-refractivity contribution in [1.82, 2.24) is 14.9 Å². The highest BCUT2D eigenvalue weighted by Gasteiger charge is 2.30. The average Bonchev–Trinajstić information content (AvgIpc) is 3.25. The van der Waals surface area contributed by atoms with Crippen molar-refractivity contribution in [2.24, 2.45) is 5.92 Å². The predicted octanol–water partition coefficient (Wildman–Crippen LogP) is 3.52. The first-order chi connectivity index (χ1) is 13.6. The molecule has 1 amide bonds. The highest BCUT2D eigenvalue weighted by atomic mass is 16.2. The number of carbonyl (C=O) groups is 1. The summed E-state index contributed by atoms with van der Waals surface area (Å²) in [6.45, 7) is 7.32. The van der Waals surface area contributed by atoms with Gasteiger partial charge < -0.3 is 9.80 Å². The van der Waals surface area contributed by atoms with E-state index >= 15 is 0 Å². The van der Waals surface area contributed by atoms with Crippen LogP contribution in [0.25, 0.3) is 0 Å². The number of piperazine rings is 1. The zero-order chi connectivity index (χ0) is 19.5. The Morgan fingerprint density at radius 3 is 2.36 bits per heavy atom. The predicted molar refractivity (Wildman–Crippen MR) is 112 cm³/mol. The first-order valence-corrected chi connectivity index (χ1v) is 10.5. The molecule has 0 radical (unpaired) electrons. The number of nitrogens with zero attached hydrogens (tertiary/aromatic N) is 4. The minimum atomic E-state index is 0.267. The van der Waals surface area contributed by atoms with Crippen molar-refractivity contribution in [2.45, 2.75) is 46.0 Å². The van der Waals surface area contributed by atoms with Gasteiger partial charge in [0.25, 0.3) is 0 Å². The van der Waals surface area contributed by atoms with Crippen molar-refractivity contribution < 1.29 is 4.79 Å². The SMILES string of the molecule is Cc1nc(C)c(Cc2ccccc2)c(N2CCN(C(=O)C3CCCC3)CC2)n1. The van der Waals surface area contributed by atoms with Gasteiger partial charge in [-0.3, -0.25) is 4.79 Å². The molecule has 1 aromatic heterocycles. The molecule has 0 spiro atoms. The summed E-state index contributed by atoms with van der Waals surface area (Å²) in [7, 11) is 0. The normalized spacial score (nSPS) is 17.9. The van der Waals surface area contributed by atoms with E-state index in [9.17, 15) is 4.79 Å². The molecular weight excluding hydrogens is 348 g/mol. The van der Waals surface area contributed by atoms with Crippen LogP contribution in [-0.4, -0.2) is 47.0 Å². The lowest BCUT2D eigenvalue weighted by atomic mass is 10.0. The van der Waals surface area contributed by atoms with Gasteiger partial charge in [0.15, 0.2) is 0 Å². The second kappa shape index (κ2) is 8.29. The van der Waals surface area contributed by atoms with Gasteiger partial charge in [-0.05, 0) is 32.3 Å². The number of amides is 1. The fraction of sp³-hybridized carbons (Fsp3) is 0.522. The van der Waals surface area contributed by atoms with Crippen LogP contribution in [-0.2, 0) is 11.2 Å². The van der Waals surface area contributed by atoms with E-state index in [1.165, 1.54) is 24.0 Å². The van der Waals surface area contributed by atoms with Gasteiger partial charge in [-0.25, -0.2) is 9.97 Å². The van der Waals surface area contributed by atoms with Gasteiger partial charge in [0.05, 0.1) is 0 Å². The fourth-order valence-corrected chi connectivity index (χ4v) is 4.56. The highest BCUT2D eigenvalue weighted by Crippen LogP contribution is 2.28. The van der Waals surface area contributed by atoms with Crippen molar-refractivity contribution in [2.75, 3.05) is 31.1 Å². The third-order valence-corrected chi connectivity index (χ3v) is 6.12. The smallest absolute Gasteiger partial charge is 0.225 e. The van der Waals surface area contributed by atoms with Gasteiger partial charge in [0, 0.05) is 49.8 Å². The zero-order valence-corrected chi connectivity index (χ0v) is 17.0. The Hall–Kier alpha value is -2.43. The maximum absolute atomic E-state index is 12.7. The van der Waals surface area contributed by atoms with Gasteiger partial charge >= 0.3 is 0 Å². The van der Waals surface area contributed by atoms with E-state index in [1.54, 1.807) is 0 Å². The van der Waals surface area contributed by atoms with Crippen LogP contribution in [0.1, 0.15) is 48.3 Å². The van der Waals surface area contributed by atoms with Crippen LogP contribution in [0, 0.1) is 19.8 Å². The number of hydrogen-bond acceptors (Lipinski definition) is 4. The van der Waals surface area contributed by atoms with Crippen LogP contribution in [0.2, 0.25) is 0 Å². The van der Waals surface area contributed by atoms with Gasteiger partial charge in [-0.1, -0.05) is 43.2 Å². The Morgan fingerprint density at radius 2 is 1.68 bits per heavy atom. The van der Waals surface area contributed by atoms with Gasteiger partial charge in [0.2, 0.25) is 5.91 Å². The Balaban J connectivity index is 1.50. The quantitative estimate of drug-likeness (QED) is 0.817. The number of rotatable bonds is 4. The van der Waals surface area contributed by atoms with Gasteiger partial charge in [-0.2, -0.15) is 0 Å². The second-order valence-electron chi connectivity index (χ2n) is 8.11. The van der Waals surface area contributed by atoms with E-state index in [2.05, 4.69) is 46.0 Å². The van der Waals surface area contributed by atoms with Crippen LogP contribution in [0.15, 0.2) is 30.3 Å². The molecule has 0 unspecified atom stereocenters. The van der Waals surface area contributed by atoms with Gasteiger partial charge in [-0.15, -0.1) is 0 Å². The molecule has 1 saturated heterocycles. The van der Waals surface area contributed by atoms with Crippen LogP contribution >= 0.6 is 0 Å². The summed E-state index contributed by atoms with van der Waals surface area (Å²) in [6, 6.07) is 10.5. The summed E-state index contributed by atoms with van der Waals surface area (Å²) in [4.78, 5) is 26.6. The molecule has 2 aromatic rings. The fourth-order valence-electron chi connectivity index (χ4n) is 4.56. The van der Waals surface area contributed by atoms with Gasteiger partial charge in [0.1, 0.15) is 11.6 Å². The Kier molecular flexibility index (Phi) is 5.60. The second-order valence-corrected chi connectivity index (χ2v) is 8.11. The maximum atomic E-state index is 12.7. The summed E-state index contributed by atoms with van der Waals surface area (Å²) in [5.74, 6) is 2.50. The molecule has 5 nitrogen and oxygen atoms in total. The minimum absolute atomic E-state index is 0.267. The molecule has 2 heterocycles. The monoisotopic (exact) mass is 378 g/mol. The van der Waals surface area contributed by atoms with E-state index < -0.39 is 0 Å². The van der Waals surface area contributed by atoms with E-state index in [0.717, 1.165) is 62.8 Å². The summed E-state index contributed by atoms with van der Waals surface area (Å²) in [5, 5.41) is 0. The molecule has 2 fully saturated rings. The molecule has 0 bridgehead atoms. The average molecular weight is 379 g/mol. The Morgan fingerprint density at radius 1 is 1.00 bits per heavy atom. The number of hydrogen-bond donors (Lipinski definition) is 0. The highest BCUT2D eigenvalue weighted by molar-refractivity contribution is 5.79. The summed E-state index contributed by atoms with van der Waals surface area (Å²) in [5.41, 5.74) is 3.53. The maximum Gasteiger partial charge on any atom is 0.225 e. The largest absolute Gasteiger partial charge is 0.353 e. The molecule has 1 saturated carbocycles. The number of anilines is 1. The van der Waals surface area contributed by atoms with Crippen molar-refractivity contribution in [3.63, 3.8) is 0 Å². The Labute approximate surface area is 167 Å². The standard InChI is InChI=1S/C23H30N4O/c1-17-21(16-19-8-4-3-5-9-19)22(25-18(2)24-17)26-12-14-27(15-13-26)23(28)20-10-6-7-11-20/h3-5,8-9,20H,6-7,10-16H2,1-2H3. The van der Waals surface area contributed by atoms with Crippen molar-refractivity contribution >= 4 is 11.7 Å². The molecular formula is C23H30N4O. The van der Waals surface area contributed by atoms with E-state index in [-0.39, 0.29) is 5.92 Å². The lowest BCUT2D eigenvalue weighted by Crippen LogP contribution is -2.50. The summed E-state index contributed by atoms with van der Waals surface area (Å²) < 4.78 is 0. The molecule has 5 heteroatoms. The molecule has 0 N–H and O–H groups in total. The first-order valence-electron chi connectivity index (χ1n) is 10.5. The first kappa shape index (κ1) is 18.9. The topological polar surface area (TPSA) is 49.3 Å². The van der Waals surface area contributed by atoms with E-state index in [0.29, 0.717) is 5.91 Å². The number of carbonyl (C=O) groups excluding carboxylic acids is 1. The summed E-state index contributed by atoms with van der Waals surface area (Å²) in [6.07, 6.45) is 5.40. The molecule has 4 rings (SSSR count). The van der Waals surface area contributed by atoms with Crippen LogP contribution in [0.5, 0.6) is 0 Å². The molecule has 28 heavy (non-hydrogen) atoms. The van der Waals surface area contributed by atoms with E-state index in [1.807, 2.05) is 13.0 Å². The summed E-state index contributed by atoms with van der Waals surface area (Å²) >= 11 is 0. The minimum Gasteiger partial charge on any atom is -0.353 e. The Bertz CT molecular complexity index is 822. The molecule has 1 aliphatic carbocycles. The third kappa shape index (κ3) is 4.03. The molecule has 2 aliphatic rings. The van der Waals surface area contributed by atoms with Crippen molar-refractivity contribution in [1.29, 1.82) is 0 Å². The lowest BCUT2D eigenvalue weighted by Gasteiger charge is -2.37. The lowest BCUT2D eigenvalue weighted by molar-refractivity contribution is -0.135. The third-order valence-electron chi connectivity index (χ3n) is 6.12. The molecule has 1 aliphatic heterocycles. The molecule has 0 atom stereocenters. The van der Waals surface area contributed by atoms with Crippen LogP contribution in [0.3, 0.4) is 0 Å². The zero-order valence-electron chi connectivity index (χ0n) is 17.0. The van der Waals surface area contributed by atoms with Crippen LogP contribution in [0.4, 0.5) is 5.82 Å². The molecule has 1 aromatic carbocycles. The van der Waals surface area contributed by atoms with E-state index in [4.69, 9.17) is 4.98 Å². The number of aryl methyl sites for hydroxylation is 2. The number of benzene rings is 1. The number of aromatic nitrogens is 2. The van der Waals surface area contributed by atoms with Crippen molar-refractivity contribution in [3.8, 4) is 0 Å². The van der Waals surface area contributed by atoms with Crippen LogP contribution < -0.4 is 4.90 Å². The van der Waals surface area contributed by atoms with Crippen molar-refractivity contribution in [3.05, 3.63) is 53.0 Å². The molecule has 148 valence electrons.